The number of likely N-dealkylation sites (N-methyl/N-ethyl adjacent to an activating group) is 1. The van der Waals surface area contributed by atoms with E-state index in [1.54, 1.807) is 17.0 Å². The van der Waals surface area contributed by atoms with Gasteiger partial charge in [0.25, 0.3) is 11.7 Å². The van der Waals surface area contributed by atoms with Gasteiger partial charge in [-0.3, -0.25) is 9.59 Å². The molecule has 7 heteroatoms. The summed E-state index contributed by atoms with van der Waals surface area (Å²) < 4.78 is 11.4. The molecular weight excluding hydrogens is 444 g/mol. The van der Waals surface area contributed by atoms with E-state index in [4.69, 9.17) is 9.47 Å². The van der Waals surface area contributed by atoms with Crippen molar-refractivity contribution < 1.29 is 24.2 Å². The van der Waals surface area contributed by atoms with Gasteiger partial charge in [-0.05, 0) is 75.3 Å². The molecular formula is C28H36N2O5. The maximum absolute atomic E-state index is 13.2. The predicted molar refractivity (Wildman–Crippen MR) is 137 cm³/mol. The number of aliphatic hydroxyl groups is 1. The Morgan fingerprint density at radius 1 is 0.971 bits per heavy atom. The van der Waals surface area contributed by atoms with Crippen LogP contribution in [0.5, 0.6) is 11.5 Å². The summed E-state index contributed by atoms with van der Waals surface area (Å²) in [4.78, 5) is 29.8. The van der Waals surface area contributed by atoms with Gasteiger partial charge in [0.05, 0.1) is 24.8 Å². The maximum Gasteiger partial charge on any atom is 0.295 e. The van der Waals surface area contributed by atoms with Gasteiger partial charge in [0, 0.05) is 18.7 Å². The number of carbonyl (C=O) groups is 2. The highest BCUT2D eigenvalue weighted by Gasteiger charge is 2.46. The largest absolute Gasteiger partial charge is 0.507 e. The second kappa shape index (κ2) is 11.9. The fourth-order valence-corrected chi connectivity index (χ4v) is 4.09. The van der Waals surface area contributed by atoms with Crippen LogP contribution in [0, 0.1) is 6.92 Å². The van der Waals surface area contributed by atoms with Crippen LogP contribution in [-0.2, 0) is 9.59 Å². The van der Waals surface area contributed by atoms with Crippen molar-refractivity contribution in [3.8, 4) is 11.5 Å². The predicted octanol–water partition coefficient (Wildman–Crippen LogP) is 4.56. The van der Waals surface area contributed by atoms with Gasteiger partial charge < -0.3 is 24.4 Å². The number of hydrogen-bond acceptors (Lipinski definition) is 6. The SMILES string of the molecule is CCCOc1ccc(C2C(=C(O)c3ccc(OCCC)cc3C)C(=O)C(=O)N2CCN(C)C)cc1. The Kier molecular flexibility index (Phi) is 8.93. The summed E-state index contributed by atoms with van der Waals surface area (Å²) in [6, 6.07) is 12.0. The van der Waals surface area contributed by atoms with Gasteiger partial charge in [-0.1, -0.05) is 26.0 Å². The topological polar surface area (TPSA) is 79.3 Å². The van der Waals surface area contributed by atoms with E-state index in [2.05, 4.69) is 0 Å². The molecule has 188 valence electrons. The second-order valence-electron chi connectivity index (χ2n) is 9.04. The average Bonchev–Trinajstić information content (AvgIpc) is 3.09. The van der Waals surface area contributed by atoms with Crippen molar-refractivity contribution in [1.82, 2.24) is 9.80 Å². The molecule has 0 aliphatic carbocycles. The summed E-state index contributed by atoms with van der Waals surface area (Å²) in [5.41, 5.74) is 2.11. The monoisotopic (exact) mass is 480 g/mol. The smallest absolute Gasteiger partial charge is 0.295 e. The molecule has 1 aliphatic heterocycles. The molecule has 1 unspecified atom stereocenters. The number of nitrogens with zero attached hydrogens (tertiary/aromatic N) is 2. The van der Waals surface area contributed by atoms with Gasteiger partial charge in [0.15, 0.2) is 0 Å². The number of ketones is 1. The number of ether oxygens (including phenoxy) is 2. The van der Waals surface area contributed by atoms with Gasteiger partial charge in [-0.15, -0.1) is 0 Å². The summed E-state index contributed by atoms with van der Waals surface area (Å²) in [5, 5.41) is 11.4. The van der Waals surface area contributed by atoms with Gasteiger partial charge >= 0.3 is 0 Å². The van der Waals surface area contributed by atoms with E-state index in [-0.39, 0.29) is 11.3 Å². The summed E-state index contributed by atoms with van der Waals surface area (Å²) in [6.45, 7) is 8.07. The number of aryl methyl sites for hydroxylation is 1. The minimum Gasteiger partial charge on any atom is -0.507 e. The molecule has 0 radical (unpaired) electrons. The number of hydrogen-bond donors (Lipinski definition) is 1. The molecule has 2 aromatic carbocycles. The number of aliphatic hydroxyl groups excluding tert-OH is 1. The van der Waals surface area contributed by atoms with Gasteiger partial charge in [-0.25, -0.2) is 0 Å². The summed E-state index contributed by atoms with van der Waals surface area (Å²) in [6.07, 6.45) is 1.79. The van der Waals surface area contributed by atoms with Crippen molar-refractivity contribution in [3.63, 3.8) is 0 Å². The highest BCUT2D eigenvalue weighted by atomic mass is 16.5. The standard InChI is InChI=1S/C28H36N2O5/c1-6-16-34-21-10-8-20(9-11-21)25-24(27(32)28(33)30(25)15-14-29(4)5)26(31)23-13-12-22(18-19(23)3)35-17-7-2/h8-13,18,25,31H,6-7,14-17H2,1-5H3. The number of benzene rings is 2. The zero-order valence-electron chi connectivity index (χ0n) is 21.3. The van der Waals surface area contributed by atoms with Crippen LogP contribution < -0.4 is 9.47 Å². The first-order chi connectivity index (χ1) is 16.8. The Labute approximate surface area is 207 Å². The summed E-state index contributed by atoms with van der Waals surface area (Å²) in [7, 11) is 3.83. The lowest BCUT2D eigenvalue weighted by Gasteiger charge is -2.26. The van der Waals surface area contributed by atoms with Crippen molar-refractivity contribution >= 4 is 17.4 Å². The van der Waals surface area contributed by atoms with Crippen molar-refractivity contribution in [2.45, 2.75) is 39.7 Å². The Morgan fingerprint density at radius 3 is 2.14 bits per heavy atom. The molecule has 0 spiro atoms. The van der Waals surface area contributed by atoms with Crippen LogP contribution in [0.2, 0.25) is 0 Å². The minimum atomic E-state index is -0.689. The van der Waals surface area contributed by atoms with E-state index >= 15 is 0 Å². The fourth-order valence-electron chi connectivity index (χ4n) is 4.09. The van der Waals surface area contributed by atoms with Crippen molar-refractivity contribution in [3.05, 3.63) is 64.7 Å². The molecule has 0 bridgehead atoms. The molecule has 1 aliphatic rings. The molecule has 1 N–H and O–H groups in total. The highest BCUT2D eigenvalue weighted by Crippen LogP contribution is 2.40. The Balaban J connectivity index is 2.06. The second-order valence-corrected chi connectivity index (χ2v) is 9.04. The number of Topliss-reactive ketones (excluding diaryl/α,β-unsaturated/α-hetero) is 1. The molecule has 1 saturated heterocycles. The molecule has 1 fully saturated rings. The van der Waals surface area contributed by atoms with Crippen molar-refractivity contribution in [2.24, 2.45) is 0 Å². The lowest BCUT2D eigenvalue weighted by Crippen LogP contribution is -2.35. The Hall–Kier alpha value is -3.32. The van der Waals surface area contributed by atoms with Crippen LogP contribution in [-0.4, -0.2) is 67.0 Å². The molecule has 1 heterocycles. The van der Waals surface area contributed by atoms with Crippen LogP contribution in [0.25, 0.3) is 5.76 Å². The van der Waals surface area contributed by atoms with E-state index in [0.29, 0.717) is 37.6 Å². The van der Waals surface area contributed by atoms with Crippen LogP contribution >= 0.6 is 0 Å². The summed E-state index contributed by atoms with van der Waals surface area (Å²) >= 11 is 0. The molecule has 0 saturated carbocycles. The molecule has 1 amide bonds. The van der Waals surface area contributed by atoms with E-state index in [1.807, 2.05) is 70.1 Å². The third kappa shape index (κ3) is 6.03. The molecule has 1 atom stereocenters. The quantitative estimate of drug-likeness (QED) is 0.289. The first-order valence-corrected chi connectivity index (χ1v) is 12.2. The van der Waals surface area contributed by atoms with E-state index in [1.165, 1.54) is 0 Å². The Morgan fingerprint density at radius 2 is 1.57 bits per heavy atom. The van der Waals surface area contributed by atoms with Crippen LogP contribution in [0.1, 0.15) is 49.4 Å². The highest BCUT2D eigenvalue weighted by molar-refractivity contribution is 6.46. The number of rotatable bonds is 11. The number of carbonyl (C=O) groups excluding carboxylic acids is 2. The Bertz CT molecular complexity index is 1080. The zero-order chi connectivity index (χ0) is 25.5. The maximum atomic E-state index is 13.2. The summed E-state index contributed by atoms with van der Waals surface area (Å²) in [5.74, 6) is -0.0361. The molecule has 2 aromatic rings. The first-order valence-electron chi connectivity index (χ1n) is 12.2. The van der Waals surface area contributed by atoms with Gasteiger partial charge in [-0.2, -0.15) is 0 Å². The first kappa shape index (κ1) is 26.3. The van der Waals surface area contributed by atoms with Gasteiger partial charge in [0.2, 0.25) is 0 Å². The number of likely N-dealkylation sites (tertiary alicyclic amines) is 1. The van der Waals surface area contributed by atoms with Crippen molar-refractivity contribution in [2.75, 3.05) is 40.4 Å². The lowest BCUT2D eigenvalue weighted by atomic mass is 9.94. The molecule has 35 heavy (non-hydrogen) atoms. The molecule has 3 rings (SSSR count). The third-order valence-electron chi connectivity index (χ3n) is 5.92. The fraction of sp³-hybridized carbons (Fsp3) is 0.429. The third-order valence-corrected chi connectivity index (χ3v) is 5.92. The zero-order valence-corrected chi connectivity index (χ0v) is 21.3. The van der Waals surface area contributed by atoms with E-state index < -0.39 is 17.7 Å². The van der Waals surface area contributed by atoms with Crippen molar-refractivity contribution in [1.29, 1.82) is 0 Å². The van der Waals surface area contributed by atoms with E-state index in [0.717, 1.165) is 29.7 Å². The molecule has 7 nitrogen and oxygen atoms in total. The minimum absolute atomic E-state index is 0.0984. The van der Waals surface area contributed by atoms with Crippen LogP contribution in [0.4, 0.5) is 0 Å². The number of amides is 1. The molecule has 0 aromatic heterocycles. The average molecular weight is 481 g/mol. The van der Waals surface area contributed by atoms with Gasteiger partial charge in [0.1, 0.15) is 17.3 Å². The van der Waals surface area contributed by atoms with Crippen LogP contribution in [0.15, 0.2) is 48.0 Å². The normalized spacial score (nSPS) is 17.3. The van der Waals surface area contributed by atoms with Crippen LogP contribution in [0.3, 0.4) is 0 Å². The lowest BCUT2D eigenvalue weighted by molar-refractivity contribution is -0.140. The van der Waals surface area contributed by atoms with E-state index in [9.17, 15) is 14.7 Å².